The van der Waals surface area contributed by atoms with Crippen molar-refractivity contribution in [3.63, 3.8) is 0 Å². The van der Waals surface area contributed by atoms with E-state index in [1.165, 1.54) is 24.3 Å². The fourth-order valence-corrected chi connectivity index (χ4v) is 6.03. The van der Waals surface area contributed by atoms with Gasteiger partial charge in [-0.2, -0.15) is 15.5 Å². The molecule has 0 amide bonds. The predicted molar refractivity (Wildman–Crippen MR) is 150 cm³/mol. The smallest absolute Gasteiger partial charge is 0.206 e. The minimum absolute atomic E-state index is 0.353. The van der Waals surface area contributed by atoms with Gasteiger partial charge in [-0.25, -0.2) is 17.6 Å². The number of hydrogen-bond acceptors (Lipinski definition) is 4. The molecule has 42 heavy (non-hydrogen) atoms. The lowest BCUT2D eigenvalue weighted by Crippen LogP contribution is -2.14. The van der Waals surface area contributed by atoms with E-state index in [1.807, 2.05) is 42.7 Å². The molecule has 0 aromatic heterocycles. The van der Waals surface area contributed by atoms with Crippen LogP contribution in [0.5, 0.6) is 0 Å². The second-order valence-corrected chi connectivity index (χ2v) is 10.1. The quantitative estimate of drug-likeness (QED) is 0.136. The maximum atomic E-state index is 13.9. The van der Waals surface area contributed by atoms with Crippen LogP contribution >= 0.6 is 0 Å². The van der Waals surface area contributed by atoms with Gasteiger partial charge >= 0.3 is 0 Å². The van der Waals surface area contributed by atoms with Gasteiger partial charge in [-0.15, -0.1) is 0 Å². The molecule has 1 atom stereocenters. The van der Waals surface area contributed by atoms with Crippen LogP contribution in [0.4, 0.5) is 17.6 Å². The zero-order chi connectivity index (χ0) is 29.1. The van der Waals surface area contributed by atoms with Crippen molar-refractivity contribution in [2.24, 2.45) is 4.99 Å². The minimum Gasteiger partial charge on any atom is -0.312 e. The van der Waals surface area contributed by atoms with E-state index in [1.54, 1.807) is 18.2 Å². The molecule has 0 fully saturated rings. The van der Waals surface area contributed by atoms with Crippen LogP contribution in [0.3, 0.4) is 0 Å². The molecular formula is C34H16F4N4. The van der Waals surface area contributed by atoms with E-state index in [0.29, 0.717) is 39.1 Å². The summed E-state index contributed by atoms with van der Waals surface area (Å²) in [6.45, 7) is 0. The SMILES string of the molecule is N#C/N=C1\c2cc(-c3cc(F)cc(F)c3)ccc2-c2cc3c(cc21)-c1ccc(-c2cc(F)cc(F)c2)cc1C3NC#N. The zero-order valence-corrected chi connectivity index (χ0v) is 21.5. The summed E-state index contributed by atoms with van der Waals surface area (Å²) < 4.78 is 55.8. The van der Waals surface area contributed by atoms with Crippen molar-refractivity contribution < 1.29 is 17.6 Å². The maximum absolute atomic E-state index is 13.9. The Morgan fingerprint density at radius 1 is 0.524 bits per heavy atom. The average molecular weight is 557 g/mol. The molecular weight excluding hydrogens is 540 g/mol. The highest BCUT2D eigenvalue weighted by atomic mass is 19.1. The van der Waals surface area contributed by atoms with Crippen molar-refractivity contribution in [1.29, 1.82) is 10.5 Å². The molecule has 5 aromatic rings. The first-order chi connectivity index (χ1) is 20.3. The van der Waals surface area contributed by atoms with E-state index < -0.39 is 29.3 Å². The molecule has 0 bridgehead atoms. The number of rotatable bonds is 3. The molecule has 4 nitrogen and oxygen atoms in total. The van der Waals surface area contributed by atoms with E-state index in [2.05, 4.69) is 10.3 Å². The minimum atomic E-state index is -0.698. The molecule has 8 heteroatoms. The summed E-state index contributed by atoms with van der Waals surface area (Å²) in [5.74, 6) is -2.77. The molecule has 2 aliphatic rings. The van der Waals surface area contributed by atoms with Gasteiger partial charge in [0, 0.05) is 23.3 Å². The normalized spacial score (nSPS) is 14.9. The van der Waals surface area contributed by atoms with Crippen LogP contribution in [0.2, 0.25) is 0 Å². The first-order valence-electron chi connectivity index (χ1n) is 12.9. The summed E-state index contributed by atoms with van der Waals surface area (Å²) in [7, 11) is 0. The molecule has 7 rings (SSSR count). The standard InChI is InChI=1S/C34H16F4N4/c35-21-5-19(6-22(36)11-21)17-1-3-25-27-13-32-28(14-31(27)33(41-15-39)29(25)9-17)26-4-2-18(10-30(26)34(32)42-16-40)20-7-23(37)12-24(38)8-20/h1-14,33,41H/b42-34+. The lowest BCUT2D eigenvalue weighted by molar-refractivity contribution is 0.583. The number of benzene rings is 5. The highest BCUT2D eigenvalue weighted by Gasteiger charge is 2.34. The van der Waals surface area contributed by atoms with Gasteiger partial charge in [-0.3, -0.25) is 0 Å². The summed E-state index contributed by atoms with van der Waals surface area (Å²) in [4.78, 5) is 4.12. The van der Waals surface area contributed by atoms with Gasteiger partial charge in [0.15, 0.2) is 6.19 Å². The third kappa shape index (κ3) is 3.93. The van der Waals surface area contributed by atoms with Crippen LogP contribution in [0.1, 0.15) is 28.3 Å². The second kappa shape index (κ2) is 9.43. The molecule has 1 N–H and O–H groups in total. The Kier molecular flexibility index (Phi) is 5.67. The highest BCUT2D eigenvalue weighted by Crippen LogP contribution is 2.50. The lowest BCUT2D eigenvalue weighted by atomic mass is 9.96. The number of nitrogens with zero attached hydrogens (tertiary/aromatic N) is 3. The van der Waals surface area contributed by atoms with Crippen LogP contribution in [0.25, 0.3) is 44.5 Å². The van der Waals surface area contributed by atoms with Crippen LogP contribution in [-0.4, -0.2) is 5.71 Å². The monoisotopic (exact) mass is 556 g/mol. The molecule has 0 saturated heterocycles. The van der Waals surface area contributed by atoms with E-state index in [9.17, 15) is 28.1 Å². The molecule has 0 saturated carbocycles. The summed E-state index contributed by atoms with van der Waals surface area (Å²) in [5.41, 5.74) is 8.45. The predicted octanol–water partition coefficient (Wildman–Crippen LogP) is 8.02. The van der Waals surface area contributed by atoms with Crippen molar-refractivity contribution in [3.8, 4) is 56.9 Å². The van der Waals surface area contributed by atoms with Crippen LogP contribution in [-0.2, 0) is 0 Å². The Morgan fingerprint density at radius 3 is 1.67 bits per heavy atom. The second-order valence-electron chi connectivity index (χ2n) is 10.1. The zero-order valence-electron chi connectivity index (χ0n) is 21.5. The lowest BCUT2D eigenvalue weighted by Gasteiger charge is -2.13. The topological polar surface area (TPSA) is 72.0 Å². The molecule has 0 radical (unpaired) electrons. The summed E-state index contributed by atoms with van der Waals surface area (Å²) in [6, 6.07) is 20.7. The van der Waals surface area contributed by atoms with E-state index in [-0.39, 0.29) is 0 Å². The number of aliphatic imine (C=N–C) groups is 1. The van der Waals surface area contributed by atoms with E-state index >= 15 is 0 Å². The summed E-state index contributed by atoms with van der Waals surface area (Å²) in [6.07, 6.45) is 3.89. The van der Waals surface area contributed by atoms with Gasteiger partial charge in [-0.05, 0) is 104 Å². The van der Waals surface area contributed by atoms with Gasteiger partial charge < -0.3 is 5.32 Å². The third-order valence-corrected chi connectivity index (χ3v) is 7.74. The Morgan fingerprint density at radius 2 is 1.07 bits per heavy atom. The number of halogens is 4. The Balaban J connectivity index is 1.38. The van der Waals surface area contributed by atoms with E-state index in [0.717, 1.165) is 45.5 Å². The largest absolute Gasteiger partial charge is 0.312 e. The molecule has 0 heterocycles. The third-order valence-electron chi connectivity index (χ3n) is 7.74. The van der Waals surface area contributed by atoms with Crippen LogP contribution in [0, 0.1) is 46.2 Å². The maximum Gasteiger partial charge on any atom is 0.206 e. The van der Waals surface area contributed by atoms with Gasteiger partial charge in [0.1, 0.15) is 23.3 Å². The van der Waals surface area contributed by atoms with Gasteiger partial charge in [0.25, 0.3) is 0 Å². The summed E-state index contributed by atoms with van der Waals surface area (Å²) >= 11 is 0. The number of hydrogen-bond donors (Lipinski definition) is 1. The van der Waals surface area contributed by atoms with E-state index in [4.69, 9.17) is 0 Å². The van der Waals surface area contributed by atoms with Crippen LogP contribution < -0.4 is 5.32 Å². The van der Waals surface area contributed by atoms with Crippen molar-refractivity contribution in [2.45, 2.75) is 6.04 Å². The van der Waals surface area contributed by atoms with Gasteiger partial charge in [0.05, 0.1) is 11.8 Å². The Hall–Kier alpha value is -5.73. The molecule has 5 aromatic carbocycles. The van der Waals surface area contributed by atoms with Crippen molar-refractivity contribution >= 4 is 5.71 Å². The molecule has 1 unspecified atom stereocenters. The van der Waals surface area contributed by atoms with Gasteiger partial charge in [0.2, 0.25) is 6.19 Å². The van der Waals surface area contributed by atoms with Crippen LogP contribution in [0.15, 0.2) is 89.9 Å². The van der Waals surface area contributed by atoms with Crippen molar-refractivity contribution in [1.82, 2.24) is 5.32 Å². The molecule has 0 aliphatic heterocycles. The molecule has 0 spiro atoms. The average Bonchev–Trinajstić information content (AvgIpc) is 3.42. The fraction of sp³-hybridized carbons (Fsp3) is 0.0294. The summed E-state index contributed by atoms with van der Waals surface area (Å²) in [5, 5.41) is 22.0. The van der Waals surface area contributed by atoms with Crippen molar-refractivity contribution in [2.75, 3.05) is 0 Å². The number of fused-ring (bicyclic) bond motifs is 6. The highest BCUT2D eigenvalue weighted by molar-refractivity contribution is 6.26. The first kappa shape index (κ1) is 25.3. The Bertz CT molecular complexity index is 2060. The Labute approximate surface area is 237 Å². The number of nitriles is 2. The molecule has 2 aliphatic carbocycles. The van der Waals surface area contributed by atoms with Gasteiger partial charge in [-0.1, -0.05) is 24.3 Å². The van der Waals surface area contributed by atoms with Crippen molar-refractivity contribution in [3.05, 3.63) is 130 Å². The number of nitrogens with one attached hydrogen (secondary N) is 1. The first-order valence-corrected chi connectivity index (χ1v) is 12.9. The molecule has 200 valence electrons. The fourth-order valence-electron chi connectivity index (χ4n) is 6.03.